The van der Waals surface area contributed by atoms with E-state index in [9.17, 15) is 9.59 Å². The number of nitrogens with zero attached hydrogens (tertiary/aromatic N) is 3. The molecule has 0 radical (unpaired) electrons. The molecular weight excluding hydrogens is 340 g/mol. The standard InChI is InChI=1S/C21H30N4O2/c1-15-6-5-7-18(19(15)20(26)24-11-3-4-12-24)22-21(27)25-13-10-16-8-9-17(14-25)23(16)2/h5-7,16-17H,3-4,8-14H2,1-2H3,(H,22,27). The normalized spacial score (nSPS) is 25.6. The molecule has 0 saturated carbocycles. The number of hydrogen-bond acceptors (Lipinski definition) is 3. The van der Waals surface area contributed by atoms with Gasteiger partial charge in [0, 0.05) is 38.3 Å². The molecule has 3 heterocycles. The summed E-state index contributed by atoms with van der Waals surface area (Å²) < 4.78 is 0. The van der Waals surface area contributed by atoms with Gasteiger partial charge in [0.15, 0.2) is 0 Å². The van der Waals surface area contributed by atoms with Crippen molar-refractivity contribution in [2.45, 2.75) is 51.1 Å². The van der Waals surface area contributed by atoms with Crippen molar-refractivity contribution in [3.05, 3.63) is 29.3 Å². The SMILES string of the molecule is Cc1cccc(NC(=O)N2CCC3CCC(C2)N3C)c1C(=O)N1CCCC1. The highest BCUT2D eigenvalue weighted by molar-refractivity contribution is 6.04. The van der Waals surface area contributed by atoms with Crippen LogP contribution in [0.1, 0.15) is 48.0 Å². The first-order valence-corrected chi connectivity index (χ1v) is 10.2. The van der Waals surface area contributed by atoms with Gasteiger partial charge in [0.25, 0.3) is 5.91 Å². The summed E-state index contributed by atoms with van der Waals surface area (Å²) in [4.78, 5) is 32.2. The summed E-state index contributed by atoms with van der Waals surface area (Å²) in [6.07, 6.45) is 5.54. The van der Waals surface area contributed by atoms with Crippen LogP contribution in [0.15, 0.2) is 18.2 Å². The third-order valence-electron chi connectivity index (χ3n) is 6.56. The van der Waals surface area contributed by atoms with E-state index in [1.165, 1.54) is 6.42 Å². The summed E-state index contributed by atoms with van der Waals surface area (Å²) in [6.45, 7) is 5.10. The number of aryl methyl sites for hydroxylation is 1. The zero-order valence-corrected chi connectivity index (χ0v) is 16.4. The Balaban J connectivity index is 1.51. The van der Waals surface area contributed by atoms with Gasteiger partial charge >= 0.3 is 6.03 Å². The molecule has 1 aromatic rings. The average Bonchev–Trinajstić information content (AvgIpc) is 3.23. The van der Waals surface area contributed by atoms with Crippen LogP contribution in [0.4, 0.5) is 10.5 Å². The summed E-state index contributed by atoms with van der Waals surface area (Å²) in [5, 5.41) is 3.05. The van der Waals surface area contributed by atoms with Crippen LogP contribution in [0.2, 0.25) is 0 Å². The number of carbonyl (C=O) groups is 2. The van der Waals surface area contributed by atoms with Crippen molar-refractivity contribution in [2.75, 3.05) is 38.5 Å². The van der Waals surface area contributed by atoms with Crippen molar-refractivity contribution in [1.82, 2.24) is 14.7 Å². The minimum atomic E-state index is -0.0861. The van der Waals surface area contributed by atoms with Gasteiger partial charge in [-0.05, 0) is 57.7 Å². The molecule has 3 amide bonds. The van der Waals surface area contributed by atoms with E-state index in [4.69, 9.17) is 0 Å². The van der Waals surface area contributed by atoms with E-state index in [0.29, 0.717) is 23.3 Å². The Morgan fingerprint density at radius 3 is 2.52 bits per heavy atom. The van der Waals surface area contributed by atoms with Crippen LogP contribution in [0.25, 0.3) is 0 Å². The van der Waals surface area contributed by atoms with Gasteiger partial charge in [-0.2, -0.15) is 0 Å². The van der Waals surface area contributed by atoms with Gasteiger partial charge in [-0.25, -0.2) is 4.79 Å². The quantitative estimate of drug-likeness (QED) is 0.871. The van der Waals surface area contributed by atoms with Gasteiger partial charge in [-0.1, -0.05) is 12.1 Å². The molecule has 3 fully saturated rings. The number of carbonyl (C=O) groups excluding carboxylic acids is 2. The first-order valence-electron chi connectivity index (χ1n) is 10.2. The largest absolute Gasteiger partial charge is 0.339 e. The first-order chi connectivity index (χ1) is 13.0. The minimum absolute atomic E-state index is 0.0376. The number of likely N-dealkylation sites (tertiary alicyclic amines) is 2. The number of nitrogens with one attached hydrogen (secondary N) is 1. The molecule has 4 rings (SSSR count). The smallest absolute Gasteiger partial charge is 0.321 e. The second-order valence-corrected chi connectivity index (χ2v) is 8.21. The predicted molar refractivity (Wildman–Crippen MR) is 106 cm³/mol. The fourth-order valence-electron chi connectivity index (χ4n) is 4.82. The average molecular weight is 370 g/mol. The molecule has 0 spiro atoms. The van der Waals surface area contributed by atoms with Crippen molar-refractivity contribution in [2.24, 2.45) is 0 Å². The Hall–Kier alpha value is -2.08. The van der Waals surface area contributed by atoms with E-state index in [2.05, 4.69) is 17.3 Å². The molecule has 2 bridgehead atoms. The van der Waals surface area contributed by atoms with Gasteiger partial charge in [-0.15, -0.1) is 0 Å². The van der Waals surface area contributed by atoms with Crippen molar-refractivity contribution in [1.29, 1.82) is 0 Å². The highest BCUT2D eigenvalue weighted by Crippen LogP contribution is 2.29. The summed E-state index contributed by atoms with van der Waals surface area (Å²) in [5.74, 6) is 0.0376. The van der Waals surface area contributed by atoms with E-state index < -0.39 is 0 Å². The van der Waals surface area contributed by atoms with Crippen LogP contribution in [-0.4, -0.2) is 71.9 Å². The maximum Gasteiger partial charge on any atom is 0.321 e. The number of amides is 3. The predicted octanol–water partition coefficient (Wildman–Crippen LogP) is 2.93. The third kappa shape index (κ3) is 3.55. The molecule has 3 saturated heterocycles. The molecule has 6 heteroatoms. The number of benzene rings is 1. The summed E-state index contributed by atoms with van der Waals surface area (Å²) in [7, 11) is 2.18. The fourth-order valence-corrected chi connectivity index (χ4v) is 4.82. The van der Waals surface area contributed by atoms with E-state index in [-0.39, 0.29) is 11.9 Å². The number of hydrogen-bond donors (Lipinski definition) is 1. The van der Waals surface area contributed by atoms with Crippen molar-refractivity contribution >= 4 is 17.6 Å². The van der Waals surface area contributed by atoms with Crippen molar-refractivity contribution in [3.63, 3.8) is 0 Å². The number of rotatable bonds is 2. The van der Waals surface area contributed by atoms with Gasteiger partial charge in [0.05, 0.1) is 11.3 Å². The summed E-state index contributed by atoms with van der Waals surface area (Å²) >= 11 is 0. The van der Waals surface area contributed by atoms with Crippen LogP contribution in [0, 0.1) is 6.92 Å². The van der Waals surface area contributed by atoms with Gasteiger partial charge in [0.2, 0.25) is 0 Å². The van der Waals surface area contributed by atoms with Crippen molar-refractivity contribution in [3.8, 4) is 0 Å². The lowest BCUT2D eigenvalue weighted by Gasteiger charge is -2.27. The lowest BCUT2D eigenvalue weighted by Crippen LogP contribution is -2.42. The Morgan fingerprint density at radius 1 is 1.00 bits per heavy atom. The van der Waals surface area contributed by atoms with Crippen LogP contribution in [0.3, 0.4) is 0 Å². The van der Waals surface area contributed by atoms with Crippen LogP contribution in [0.5, 0.6) is 0 Å². The number of anilines is 1. The highest BCUT2D eigenvalue weighted by Gasteiger charge is 2.36. The van der Waals surface area contributed by atoms with Gasteiger partial charge in [-0.3, -0.25) is 9.69 Å². The molecule has 3 aliphatic rings. The monoisotopic (exact) mass is 370 g/mol. The number of urea groups is 1. The van der Waals surface area contributed by atoms with E-state index >= 15 is 0 Å². The Morgan fingerprint density at radius 2 is 1.74 bits per heavy atom. The molecule has 6 nitrogen and oxygen atoms in total. The molecular formula is C21H30N4O2. The molecule has 27 heavy (non-hydrogen) atoms. The Bertz CT molecular complexity index is 729. The van der Waals surface area contributed by atoms with Crippen molar-refractivity contribution < 1.29 is 9.59 Å². The first kappa shape index (κ1) is 18.3. The third-order valence-corrected chi connectivity index (χ3v) is 6.56. The minimum Gasteiger partial charge on any atom is -0.339 e. The second-order valence-electron chi connectivity index (χ2n) is 8.21. The molecule has 2 atom stereocenters. The topological polar surface area (TPSA) is 55.9 Å². The van der Waals surface area contributed by atoms with E-state index in [0.717, 1.165) is 57.4 Å². The zero-order valence-electron chi connectivity index (χ0n) is 16.4. The molecule has 1 aromatic carbocycles. The second kappa shape index (κ2) is 7.50. The van der Waals surface area contributed by atoms with E-state index in [1.54, 1.807) is 0 Å². The fraction of sp³-hybridized carbons (Fsp3) is 0.619. The zero-order chi connectivity index (χ0) is 19.0. The Labute approximate surface area is 161 Å². The summed E-state index contributed by atoms with van der Waals surface area (Å²) in [6, 6.07) is 6.66. The van der Waals surface area contributed by atoms with Crippen LogP contribution < -0.4 is 5.32 Å². The van der Waals surface area contributed by atoms with Crippen LogP contribution >= 0.6 is 0 Å². The molecule has 3 aliphatic heterocycles. The summed E-state index contributed by atoms with van der Waals surface area (Å²) in [5.41, 5.74) is 2.19. The van der Waals surface area contributed by atoms with Crippen LogP contribution in [-0.2, 0) is 0 Å². The highest BCUT2D eigenvalue weighted by atomic mass is 16.2. The van der Waals surface area contributed by atoms with Gasteiger partial charge < -0.3 is 15.1 Å². The lowest BCUT2D eigenvalue weighted by molar-refractivity contribution is 0.0793. The Kier molecular flexibility index (Phi) is 5.08. The van der Waals surface area contributed by atoms with Gasteiger partial charge in [0.1, 0.15) is 0 Å². The molecule has 2 unspecified atom stereocenters. The maximum absolute atomic E-state index is 13.0. The maximum atomic E-state index is 13.0. The molecule has 0 aliphatic carbocycles. The van der Waals surface area contributed by atoms with E-state index in [1.807, 2.05) is 34.9 Å². The molecule has 1 N–H and O–H groups in total. The molecule has 0 aromatic heterocycles. The number of fused-ring (bicyclic) bond motifs is 2. The lowest BCUT2D eigenvalue weighted by atomic mass is 10.0. The number of likely N-dealkylation sites (N-methyl/N-ethyl adjacent to an activating group) is 1. The molecule has 146 valence electrons.